The van der Waals surface area contributed by atoms with E-state index in [9.17, 15) is 26.4 Å². The van der Waals surface area contributed by atoms with Crippen LogP contribution in [0.4, 0.5) is 18.9 Å². The van der Waals surface area contributed by atoms with Crippen LogP contribution in [0.1, 0.15) is 18.4 Å². The first-order valence-electron chi connectivity index (χ1n) is 11.5. The Morgan fingerprint density at radius 2 is 1.61 bits per heavy atom. The van der Waals surface area contributed by atoms with Gasteiger partial charge in [0.2, 0.25) is 22.7 Å². The fourth-order valence-corrected chi connectivity index (χ4v) is 5.16. The number of anilines is 1. The molecule has 0 unspecified atom stereocenters. The van der Waals surface area contributed by atoms with Gasteiger partial charge >= 0.3 is 6.36 Å². The minimum atomic E-state index is -4.97. The highest BCUT2D eigenvalue weighted by Gasteiger charge is 2.52. The van der Waals surface area contributed by atoms with E-state index in [0.717, 1.165) is 10.4 Å². The molecular weight excluding hydrogens is 525 g/mol. The Morgan fingerprint density at radius 3 is 2.24 bits per heavy atom. The molecule has 5 rings (SSSR count). The Bertz CT molecular complexity index is 1500. The van der Waals surface area contributed by atoms with Crippen molar-refractivity contribution in [2.75, 3.05) is 26.2 Å². The molecule has 3 aromatic rings. The smallest absolute Gasteiger partial charge is 0.454 e. The fourth-order valence-electron chi connectivity index (χ4n) is 4.26. The van der Waals surface area contributed by atoms with Gasteiger partial charge in [-0.3, -0.25) is 4.79 Å². The highest BCUT2D eigenvalue weighted by atomic mass is 32.2. The van der Waals surface area contributed by atoms with Crippen LogP contribution in [0.2, 0.25) is 0 Å². The summed E-state index contributed by atoms with van der Waals surface area (Å²) in [6.07, 6.45) is -3.96. The normalized spacial score (nSPS) is 15.8. The third-order valence-electron chi connectivity index (χ3n) is 6.53. The molecule has 1 amide bonds. The maximum absolute atomic E-state index is 13.4. The number of rotatable bonds is 7. The number of nitrogens with one attached hydrogen (secondary N) is 1. The van der Waals surface area contributed by atoms with Gasteiger partial charge in [0.25, 0.3) is 0 Å². The highest BCUT2D eigenvalue weighted by Crippen LogP contribution is 2.51. The highest BCUT2D eigenvalue weighted by molar-refractivity contribution is 7.89. The molecule has 12 heteroatoms. The number of nitrogens with zero attached hydrogens (tertiary/aromatic N) is 1. The van der Waals surface area contributed by atoms with E-state index < -0.39 is 33.5 Å². The van der Waals surface area contributed by atoms with Crippen molar-refractivity contribution in [3.05, 3.63) is 66.2 Å². The summed E-state index contributed by atoms with van der Waals surface area (Å²) in [5.41, 5.74) is 0.577. The van der Waals surface area contributed by atoms with Crippen LogP contribution in [-0.2, 0) is 20.2 Å². The molecule has 1 heterocycles. The van der Waals surface area contributed by atoms with Crippen LogP contribution in [0.5, 0.6) is 17.2 Å². The monoisotopic (exact) mass is 548 g/mol. The van der Waals surface area contributed by atoms with Crippen molar-refractivity contribution in [2.24, 2.45) is 0 Å². The van der Waals surface area contributed by atoms with E-state index >= 15 is 0 Å². The molecule has 0 aromatic heterocycles. The summed E-state index contributed by atoms with van der Waals surface area (Å²) in [5.74, 6) is 0.0168. The lowest BCUT2D eigenvalue weighted by Gasteiger charge is -2.19. The van der Waals surface area contributed by atoms with Crippen LogP contribution in [0.3, 0.4) is 0 Å². The molecule has 0 bridgehead atoms. The second-order valence-corrected chi connectivity index (χ2v) is 11.3. The van der Waals surface area contributed by atoms with Gasteiger partial charge in [-0.15, -0.1) is 13.2 Å². The minimum Gasteiger partial charge on any atom is -0.454 e. The van der Waals surface area contributed by atoms with Crippen molar-refractivity contribution >= 4 is 21.6 Å². The second kappa shape index (κ2) is 9.21. The predicted octanol–water partition coefficient (Wildman–Crippen LogP) is 4.90. The average Bonchev–Trinajstić information content (AvgIpc) is 3.55. The van der Waals surface area contributed by atoms with Crippen molar-refractivity contribution in [1.82, 2.24) is 4.31 Å². The lowest BCUT2D eigenvalue weighted by atomic mass is 9.94. The summed E-state index contributed by atoms with van der Waals surface area (Å²) in [7, 11) is -0.831. The van der Waals surface area contributed by atoms with Crippen molar-refractivity contribution in [3.63, 3.8) is 0 Å². The molecule has 200 valence electrons. The Morgan fingerprint density at radius 1 is 0.947 bits per heavy atom. The third-order valence-corrected chi connectivity index (χ3v) is 8.36. The number of carbonyl (C=O) groups excluding carboxylic acids is 1. The number of hydrogen-bond donors (Lipinski definition) is 1. The first-order chi connectivity index (χ1) is 17.9. The van der Waals surface area contributed by atoms with E-state index in [1.54, 1.807) is 18.2 Å². The summed E-state index contributed by atoms with van der Waals surface area (Å²) >= 11 is 0. The van der Waals surface area contributed by atoms with Crippen LogP contribution in [0.15, 0.2) is 65.6 Å². The number of halogens is 3. The molecule has 1 fully saturated rings. The quantitative estimate of drug-likeness (QED) is 0.452. The van der Waals surface area contributed by atoms with Crippen LogP contribution in [0, 0.1) is 0 Å². The van der Waals surface area contributed by atoms with Gasteiger partial charge in [-0.2, -0.15) is 0 Å². The van der Waals surface area contributed by atoms with Gasteiger partial charge < -0.3 is 19.5 Å². The molecule has 0 radical (unpaired) electrons. The summed E-state index contributed by atoms with van der Waals surface area (Å²) in [5, 5.41) is 2.62. The van der Waals surface area contributed by atoms with E-state index in [0.29, 0.717) is 41.0 Å². The summed E-state index contributed by atoms with van der Waals surface area (Å²) in [6.45, 7) is 0.0744. The molecule has 3 aromatic carbocycles. The standard InChI is InChI=1S/C26H23F3N2O6S/c1-31(2)38(33,34)19-7-3-16(4-8-19)17-5-9-21(37-26(27,28)29)20(13-17)30-24(32)25(11-12-25)18-6-10-22-23(14-18)36-15-35-22/h3-10,13-14H,11-12,15H2,1-2H3,(H,30,32). The zero-order valence-electron chi connectivity index (χ0n) is 20.3. The summed E-state index contributed by atoms with van der Waals surface area (Å²) < 4.78 is 80.0. The van der Waals surface area contributed by atoms with E-state index in [1.165, 1.54) is 50.5 Å². The molecule has 38 heavy (non-hydrogen) atoms. The summed E-state index contributed by atoms with van der Waals surface area (Å²) in [4.78, 5) is 13.5. The Labute approximate surface area is 217 Å². The largest absolute Gasteiger partial charge is 0.573 e. The predicted molar refractivity (Wildman–Crippen MR) is 132 cm³/mol. The topological polar surface area (TPSA) is 94.2 Å². The van der Waals surface area contributed by atoms with E-state index in [1.807, 2.05) is 0 Å². The van der Waals surface area contributed by atoms with E-state index in [4.69, 9.17) is 9.47 Å². The number of hydrogen-bond acceptors (Lipinski definition) is 6. The van der Waals surface area contributed by atoms with Crippen LogP contribution < -0.4 is 19.5 Å². The molecule has 1 N–H and O–H groups in total. The van der Waals surface area contributed by atoms with Gasteiger partial charge in [0.1, 0.15) is 0 Å². The number of ether oxygens (including phenoxy) is 3. The van der Waals surface area contributed by atoms with Gasteiger partial charge in [0.15, 0.2) is 17.2 Å². The van der Waals surface area contributed by atoms with Gasteiger partial charge in [-0.05, 0) is 65.9 Å². The molecular formula is C26H23F3N2O6S. The van der Waals surface area contributed by atoms with Crippen LogP contribution in [-0.4, -0.2) is 45.9 Å². The molecule has 0 saturated heterocycles. The zero-order valence-corrected chi connectivity index (χ0v) is 21.2. The third kappa shape index (κ3) is 4.88. The first-order valence-corrected chi connectivity index (χ1v) is 13.0. The van der Waals surface area contributed by atoms with Crippen molar-refractivity contribution in [3.8, 4) is 28.4 Å². The molecule has 0 atom stereocenters. The van der Waals surface area contributed by atoms with E-state index in [-0.39, 0.29) is 17.4 Å². The minimum absolute atomic E-state index is 0.0659. The van der Waals surface area contributed by atoms with Crippen molar-refractivity contribution < 1.29 is 40.6 Å². The molecule has 1 aliphatic carbocycles. The van der Waals surface area contributed by atoms with Gasteiger partial charge in [-0.1, -0.05) is 24.3 Å². The van der Waals surface area contributed by atoms with Gasteiger partial charge in [-0.25, -0.2) is 12.7 Å². The number of amides is 1. The lowest BCUT2D eigenvalue weighted by Crippen LogP contribution is -2.28. The molecule has 1 aliphatic heterocycles. The number of sulfonamides is 1. The lowest BCUT2D eigenvalue weighted by molar-refractivity contribution is -0.274. The first kappa shape index (κ1) is 25.9. The Hall–Kier alpha value is -3.77. The number of alkyl halides is 3. The summed E-state index contributed by atoms with van der Waals surface area (Å²) in [6, 6.07) is 14.9. The molecule has 0 spiro atoms. The molecule has 8 nitrogen and oxygen atoms in total. The van der Waals surface area contributed by atoms with Gasteiger partial charge in [0, 0.05) is 14.1 Å². The number of fused-ring (bicyclic) bond motifs is 1. The van der Waals surface area contributed by atoms with Crippen LogP contribution in [0.25, 0.3) is 11.1 Å². The van der Waals surface area contributed by atoms with Crippen molar-refractivity contribution in [1.29, 1.82) is 0 Å². The average molecular weight is 549 g/mol. The second-order valence-electron chi connectivity index (χ2n) is 9.17. The Kier molecular flexibility index (Phi) is 6.27. The van der Waals surface area contributed by atoms with Crippen molar-refractivity contribution in [2.45, 2.75) is 29.5 Å². The Balaban J connectivity index is 1.46. The zero-order chi connectivity index (χ0) is 27.3. The maximum Gasteiger partial charge on any atom is 0.573 e. The van der Waals surface area contributed by atoms with Crippen LogP contribution >= 0.6 is 0 Å². The number of benzene rings is 3. The fraction of sp³-hybridized carbons (Fsp3) is 0.269. The molecule has 1 saturated carbocycles. The van der Waals surface area contributed by atoms with E-state index in [2.05, 4.69) is 10.1 Å². The maximum atomic E-state index is 13.4. The number of carbonyl (C=O) groups is 1. The molecule has 2 aliphatic rings. The SMILES string of the molecule is CN(C)S(=O)(=O)c1ccc(-c2ccc(OC(F)(F)F)c(NC(=O)C3(c4ccc5c(c4)OCO5)CC3)c2)cc1. The van der Waals surface area contributed by atoms with Gasteiger partial charge in [0.05, 0.1) is 16.0 Å².